The lowest BCUT2D eigenvalue weighted by atomic mass is 9.88. The van der Waals surface area contributed by atoms with Crippen LogP contribution in [0.25, 0.3) is 93.2 Å². The van der Waals surface area contributed by atoms with Gasteiger partial charge < -0.3 is 10.3 Å². The lowest BCUT2D eigenvalue weighted by Crippen LogP contribution is -2.16. The van der Waals surface area contributed by atoms with Gasteiger partial charge in [-0.2, -0.15) is 0 Å². The molecule has 0 aliphatic rings. The van der Waals surface area contributed by atoms with Crippen LogP contribution < -0.4 is 5.73 Å². The van der Waals surface area contributed by atoms with Gasteiger partial charge in [0.25, 0.3) is 0 Å². The highest BCUT2D eigenvalue weighted by molar-refractivity contribution is 6.29. The van der Waals surface area contributed by atoms with Gasteiger partial charge in [-0.3, -0.25) is 5.41 Å². The van der Waals surface area contributed by atoms with Gasteiger partial charge in [-0.15, -0.1) is 0 Å². The summed E-state index contributed by atoms with van der Waals surface area (Å²) in [6.45, 7) is 2.11. The molecule has 12 rings (SSSR count). The summed E-state index contributed by atoms with van der Waals surface area (Å²) < 4.78 is 2.36. The maximum absolute atomic E-state index is 8.48. The largest absolute Gasteiger partial charge is 0.383 e. The summed E-state index contributed by atoms with van der Waals surface area (Å²) in [7, 11) is 0. The Kier molecular flexibility index (Phi) is 10.7. The second-order valence-electron chi connectivity index (χ2n) is 17.0. The molecule has 0 saturated carbocycles. The van der Waals surface area contributed by atoms with E-state index in [1.807, 2.05) is 48.5 Å². The van der Waals surface area contributed by atoms with E-state index in [1.165, 1.54) is 81.9 Å². The van der Waals surface area contributed by atoms with Crippen molar-refractivity contribution >= 4 is 65.8 Å². The van der Waals surface area contributed by atoms with E-state index in [1.54, 1.807) is 0 Å². The molecule has 0 radical (unpaired) electrons. The number of aliphatic imine (C=N–C) groups is 1. The molecule has 0 atom stereocenters. The van der Waals surface area contributed by atoms with Gasteiger partial charge in [0.15, 0.2) is 5.84 Å². The first kappa shape index (κ1) is 40.9. The third kappa shape index (κ3) is 7.81. The van der Waals surface area contributed by atoms with Crippen LogP contribution >= 0.6 is 0 Å². The Morgan fingerprint density at radius 2 is 0.896 bits per heavy atom. The van der Waals surface area contributed by atoms with Crippen LogP contribution in [0.4, 0.5) is 0 Å². The zero-order chi connectivity index (χ0) is 45.3. The van der Waals surface area contributed by atoms with Crippen molar-refractivity contribution in [1.29, 1.82) is 5.41 Å². The highest BCUT2D eigenvalue weighted by Gasteiger charge is 2.17. The van der Waals surface area contributed by atoms with E-state index in [-0.39, 0.29) is 5.84 Å². The fourth-order valence-electron chi connectivity index (χ4n) is 9.50. The molecule has 11 aromatic carbocycles. The molecule has 0 fully saturated rings. The van der Waals surface area contributed by atoms with Crippen molar-refractivity contribution in [1.82, 2.24) is 4.57 Å². The van der Waals surface area contributed by atoms with Gasteiger partial charge >= 0.3 is 0 Å². The number of nitrogens with one attached hydrogen (secondary N) is 1. The summed E-state index contributed by atoms with van der Waals surface area (Å²) in [5.41, 5.74) is 19.9. The quantitative estimate of drug-likeness (QED) is 0.0976. The smallest absolute Gasteiger partial charge is 0.154 e. The van der Waals surface area contributed by atoms with Crippen LogP contribution in [0.15, 0.2) is 248 Å². The number of fused-ring (bicyclic) bond motifs is 9. The Hall–Kier alpha value is -8.86. The van der Waals surface area contributed by atoms with Crippen molar-refractivity contribution in [3.8, 4) is 39.1 Å². The first-order valence-electron chi connectivity index (χ1n) is 22.7. The molecule has 4 heteroatoms. The molecule has 1 heterocycles. The molecular weight excluding hydrogens is 813 g/mol. The van der Waals surface area contributed by atoms with Crippen molar-refractivity contribution in [2.75, 3.05) is 0 Å². The Bertz CT molecular complexity index is 3810. The molecule has 0 spiro atoms. The number of para-hydroxylation sites is 2. The van der Waals surface area contributed by atoms with Gasteiger partial charge in [-0.05, 0) is 115 Å². The molecule has 4 nitrogen and oxygen atoms in total. The van der Waals surface area contributed by atoms with Gasteiger partial charge in [-0.1, -0.05) is 206 Å². The van der Waals surface area contributed by atoms with Crippen LogP contribution in [-0.2, 0) is 0 Å². The molecule has 12 aromatic rings. The summed E-state index contributed by atoms with van der Waals surface area (Å²) in [6, 6.07) is 85.1. The molecule has 67 heavy (non-hydrogen) atoms. The van der Waals surface area contributed by atoms with E-state index in [9.17, 15) is 0 Å². The van der Waals surface area contributed by atoms with Crippen LogP contribution in [0.1, 0.15) is 16.7 Å². The molecule has 0 aliphatic heterocycles. The minimum atomic E-state index is 0.138. The Morgan fingerprint density at radius 3 is 1.66 bits per heavy atom. The van der Waals surface area contributed by atoms with Crippen LogP contribution in [0.3, 0.4) is 0 Å². The number of nitrogens with zero attached hydrogens (tertiary/aromatic N) is 2. The lowest BCUT2D eigenvalue weighted by Gasteiger charge is -2.16. The predicted octanol–water partition coefficient (Wildman–Crippen LogP) is 16.0. The summed E-state index contributed by atoms with van der Waals surface area (Å²) in [6.07, 6.45) is 0. The van der Waals surface area contributed by atoms with Gasteiger partial charge in [0.2, 0.25) is 0 Å². The van der Waals surface area contributed by atoms with Gasteiger partial charge in [0, 0.05) is 27.6 Å². The monoisotopic (exact) mass is 858 g/mol. The molecule has 318 valence electrons. The number of aryl methyl sites for hydroxylation is 1. The Morgan fingerprint density at radius 1 is 0.388 bits per heavy atom. The fourth-order valence-corrected chi connectivity index (χ4v) is 9.50. The minimum absolute atomic E-state index is 0.138. The summed E-state index contributed by atoms with van der Waals surface area (Å²) in [4.78, 5) is 4.44. The molecule has 0 saturated heterocycles. The zero-order valence-corrected chi connectivity index (χ0v) is 37.1. The van der Waals surface area contributed by atoms with E-state index < -0.39 is 0 Å². The average molecular weight is 859 g/mol. The maximum atomic E-state index is 8.48. The second-order valence-corrected chi connectivity index (χ2v) is 17.0. The van der Waals surface area contributed by atoms with E-state index in [4.69, 9.17) is 11.1 Å². The number of nitrogens with two attached hydrogens (primary N) is 1. The highest BCUT2D eigenvalue weighted by atomic mass is 15.0. The summed E-state index contributed by atoms with van der Waals surface area (Å²) in [5, 5.41) is 18.3. The minimum Gasteiger partial charge on any atom is -0.383 e. The molecule has 0 unspecified atom stereocenters. The maximum Gasteiger partial charge on any atom is 0.154 e. The van der Waals surface area contributed by atoms with E-state index in [2.05, 4.69) is 211 Å². The third-order valence-corrected chi connectivity index (χ3v) is 12.8. The summed E-state index contributed by atoms with van der Waals surface area (Å²) in [5.74, 6) is 0.455. The summed E-state index contributed by atoms with van der Waals surface area (Å²) >= 11 is 0. The van der Waals surface area contributed by atoms with E-state index in [0.29, 0.717) is 5.84 Å². The van der Waals surface area contributed by atoms with Crippen molar-refractivity contribution in [2.24, 2.45) is 10.7 Å². The third-order valence-electron chi connectivity index (χ3n) is 12.8. The Labute approximate surface area is 390 Å². The number of rotatable bonds is 6. The molecule has 0 bridgehead atoms. The van der Waals surface area contributed by atoms with E-state index >= 15 is 0 Å². The average Bonchev–Trinajstić information content (AvgIpc) is 3.73. The van der Waals surface area contributed by atoms with Crippen LogP contribution in [-0.4, -0.2) is 16.2 Å². The molecule has 0 aliphatic carbocycles. The fraction of sp³-hybridized carbons (Fsp3) is 0.0159. The predicted molar refractivity (Wildman–Crippen MR) is 285 cm³/mol. The number of amidine groups is 2. The highest BCUT2D eigenvalue weighted by Crippen LogP contribution is 2.43. The van der Waals surface area contributed by atoms with E-state index in [0.717, 1.165) is 27.9 Å². The van der Waals surface area contributed by atoms with Gasteiger partial charge in [0.1, 0.15) is 5.84 Å². The normalized spacial score (nSPS) is 11.6. The topological polar surface area (TPSA) is 67.2 Å². The second kappa shape index (κ2) is 17.6. The van der Waals surface area contributed by atoms with Crippen molar-refractivity contribution in [3.05, 3.63) is 259 Å². The van der Waals surface area contributed by atoms with Gasteiger partial charge in [-0.25, -0.2) is 4.99 Å². The molecule has 1 aromatic heterocycles. The Balaban J connectivity index is 0.000000328. The molecular formula is C63H46N4. The SMILES string of the molecule is Cc1ccc(-c2ccccc2)cc1.N=C(N=C(N)c1cccc(-c2ccc3c(c2)c2ccccc2c2cccc(-c4ccc5c(c4)c4ccccc4n5-c4ccccc4)c23)c1)c1ccccc1. The molecule has 0 amide bonds. The molecule has 3 N–H and O–H groups in total. The van der Waals surface area contributed by atoms with Gasteiger partial charge in [0.05, 0.1) is 11.0 Å². The van der Waals surface area contributed by atoms with Crippen LogP contribution in [0, 0.1) is 12.3 Å². The first-order chi connectivity index (χ1) is 33.0. The lowest BCUT2D eigenvalue weighted by molar-refractivity contribution is 1.18. The number of hydrogen-bond donors (Lipinski definition) is 2. The van der Waals surface area contributed by atoms with Crippen molar-refractivity contribution in [2.45, 2.75) is 6.92 Å². The number of hydrogen-bond acceptors (Lipinski definition) is 1. The first-order valence-corrected chi connectivity index (χ1v) is 22.7. The van der Waals surface area contributed by atoms with Crippen molar-refractivity contribution < 1.29 is 0 Å². The number of benzene rings is 11. The zero-order valence-electron chi connectivity index (χ0n) is 37.1. The van der Waals surface area contributed by atoms with Crippen LogP contribution in [0.2, 0.25) is 0 Å². The van der Waals surface area contributed by atoms with Crippen molar-refractivity contribution in [3.63, 3.8) is 0 Å². The van der Waals surface area contributed by atoms with Crippen LogP contribution in [0.5, 0.6) is 0 Å². The standard InChI is InChI=1S/C50H34N4.C13H12/c51-49(32-13-3-1-4-14-32)53-50(52)36-16-11-15-33(29-36)34-25-27-43-44(30-34)40-20-8-7-19-39(40)42-23-12-22-38(48(42)43)35-26-28-47-45(31-35)41-21-9-10-24-46(41)54(47)37-17-5-2-6-18-37;1-11-7-9-13(10-8-11)12-5-3-2-4-6-12/h1-31H,(H3,51,52,53);2-10H,1H3. The number of aromatic nitrogens is 1.